The molecule has 0 bridgehead atoms. The summed E-state index contributed by atoms with van der Waals surface area (Å²) in [7, 11) is 0. The number of nitrogens with zero attached hydrogens (tertiary/aromatic N) is 5. The minimum absolute atomic E-state index is 0.567. The number of pyridine rings is 1. The third-order valence-electron chi connectivity index (χ3n) is 5.02. The number of anilines is 1. The predicted molar refractivity (Wildman–Crippen MR) is 125 cm³/mol. The largest absolute Gasteiger partial charge is 0.346 e. The number of hydrogen-bond acceptors (Lipinski definition) is 4. The van der Waals surface area contributed by atoms with Gasteiger partial charge >= 0.3 is 0 Å². The highest BCUT2D eigenvalue weighted by atomic mass is 35.5. The highest BCUT2D eigenvalue weighted by Gasteiger charge is 2.19. The molecule has 9 heteroatoms. The van der Waals surface area contributed by atoms with Crippen LogP contribution in [-0.4, -0.2) is 55.9 Å². The number of benzene rings is 1. The van der Waals surface area contributed by atoms with E-state index in [4.69, 9.17) is 35.4 Å². The fourth-order valence-electron chi connectivity index (χ4n) is 3.40. The molecule has 0 spiro atoms. The van der Waals surface area contributed by atoms with Crippen LogP contribution in [0.4, 0.5) is 5.69 Å². The Labute approximate surface area is 191 Å². The minimum atomic E-state index is 0.567. The number of thiocarbonyl (C=S) groups is 1. The SMILES string of the molecule is S=C(Nc1cnn(Cc2ccc(Cl)cc2Cl)c1)N1CCN(Cc2cccnc2)CC1. The van der Waals surface area contributed by atoms with Crippen LogP contribution in [0, 0.1) is 0 Å². The lowest BCUT2D eigenvalue weighted by Crippen LogP contribution is -2.49. The van der Waals surface area contributed by atoms with Gasteiger partial charge in [0, 0.05) is 61.4 Å². The van der Waals surface area contributed by atoms with Gasteiger partial charge in [0.25, 0.3) is 0 Å². The van der Waals surface area contributed by atoms with Crippen LogP contribution in [0.3, 0.4) is 0 Å². The first kappa shape index (κ1) is 21.1. The van der Waals surface area contributed by atoms with Crippen molar-refractivity contribution in [2.45, 2.75) is 13.1 Å². The molecule has 1 saturated heterocycles. The van der Waals surface area contributed by atoms with E-state index in [1.54, 1.807) is 18.5 Å². The molecule has 6 nitrogen and oxygen atoms in total. The summed E-state index contributed by atoms with van der Waals surface area (Å²) in [4.78, 5) is 8.81. The molecule has 2 aromatic heterocycles. The standard InChI is InChI=1S/C21H22Cl2N6S/c22-18-4-3-17(20(23)10-18)14-29-15-19(12-25-29)26-21(30)28-8-6-27(7-9-28)13-16-2-1-5-24-11-16/h1-5,10-12,15H,6-9,13-14H2,(H,26,30). The first-order valence-electron chi connectivity index (χ1n) is 9.70. The smallest absolute Gasteiger partial charge is 0.173 e. The molecule has 4 rings (SSSR count). The number of rotatable bonds is 5. The van der Waals surface area contributed by atoms with Gasteiger partial charge in [-0.3, -0.25) is 14.6 Å². The van der Waals surface area contributed by atoms with Crippen molar-refractivity contribution < 1.29 is 0 Å². The molecule has 1 N–H and O–H groups in total. The monoisotopic (exact) mass is 460 g/mol. The molecule has 3 heterocycles. The second kappa shape index (κ2) is 9.75. The zero-order chi connectivity index (χ0) is 20.9. The molecule has 0 saturated carbocycles. The lowest BCUT2D eigenvalue weighted by atomic mass is 10.2. The van der Waals surface area contributed by atoms with Gasteiger partial charge in [-0.1, -0.05) is 35.3 Å². The van der Waals surface area contributed by atoms with Crippen molar-refractivity contribution in [1.82, 2.24) is 24.6 Å². The summed E-state index contributed by atoms with van der Waals surface area (Å²) in [6, 6.07) is 9.57. The lowest BCUT2D eigenvalue weighted by molar-refractivity contribution is 0.177. The van der Waals surface area contributed by atoms with E-state index in [9.17, 15) is 0 Å². The Morgan fingerprint density at radius 1 is 1.07 bits per heavy atom. The summed E-state index contributed by atoms with van der Waals surface area (Å²) in [5.74, 6) is 0. The maximum atomic E-state index is 6.26. The van der Waals surface area contributed by atoms with E-state index >= 15 is 0 Å². The van der Waals surface area contributed by atoms with E-state index in [0.29, 0.717) is 16.6 Å². The number of piperazine rings is 1. The van der Waals surface area contributed by atoms with Gasteiger partial charge in [-0.15, -0.1) is 0 Å². The van der Waals surface area contributed by atoms with Crippen molar-refractivity contribution >= 4 is 46.2 Å². The molecule has 1 aromatic carbocycles. The number of halogens is 2. The summed E-state index contributed by atoms with van der Waals surface area (Å²) in [6.45, 7) is 5.19. The second-order valence-electron chi connectivity index (χ2n) is 7.22. The third kappa shape index (κ3) is 5.49. The van der Waals surface area contributed by atoms with Gasteiger partial charge in [0.15, 0.2) is 5.11 Å². The summed E-state index contributed by atoms with van der Waals surface area (Å²) >= 11 is 17.8. The van der Waals surface area contributed by atoms with Gasteiger partial charge in [0.05, 0.1) is 18.4 Å². The highest BCUT2D eigenvalue weighted by molar-refractivity contribution is 7.80. The summed E-state index contributed by atoms with van der Waals surface area (Å²) in [5.41, 5.74) is 3.06. The molecule has 1 aliphatic heterocycles. The van der Waals surface area contributed by atoms with Crippen LogP contribution in [0.25, 0.3) is 0 Å². The van der Waals surface area contributed by atoms with Gasteiger partial charge in [-0.05, 0) is 41.5 Å². The van der Waals surface area contributed by atoms with E-state index in [-0.39, 0.29) is 0 Å². The van der Waals surface area contributed by atoms with E-state index in [0.717, 1.165) is 49.1 Å². The van der Waals surface area contributed by atoms with Gasteiger partial charge in [0.2, 0.25) is 0 Å². The van der Waals surface area contributed by atoms with Gasteiger partial charge < -0.3 is 10.2 Å². The fourth-order valence-corrected chi connectivity index (χ4v) is 4.17. The Bertz CT molecular complexity index is 1000. The van der Waals surface area contributed by atoms with Crippen molar-refractivity contribution in [3.8, 4) is 0 Å². The van der Waals surface area contributed by atoms with Crippen molar-refractivity contribution in [1.29, 1.82) is 0 Å². The molecule has 0 aliphatic carbocycles. The Balaban J connectivity index is 1.27. The Morgan fingerprint density at radius 3 is 2.63 bits per heavy atom. The van der Waals surface area contributed by atoms with Crippen molar-refractivity contribution in [2.24, 2.45) is 0 Å². The van der Waals surface area contributed by atoms with E-state index < -0.39 is 0 Å². The maximum Gasteiger partial charge on any atom is 0.173 e. The Hall–Kier alpha value is -2.19. The van der Waals surface area contributed by atoms with Gasteiger partial charge in [-0.25, -0.2) is 0 Å². The molecular formula is C21H22Cl2N6S. The van der Waals surface area contributed by atoms with Crippen molar-refractivity contribution in [2.75, 3.05) is 31.5 Å². The predicted octanol–water partition coefficient (Wildman–Crippen LogP) is 4.15. The number of aromatic nitrogens is 3. The Kier molecular flexibility index (Phi) is 6.84. The molecule has 0 atom stereocenters. The van der Waals surface area contributed by atoms with Crippen LogP contribution in [0.5, 0.6) is 0 Å². The minimum Gasteiger partial charge on any atom is -0.346 e. The molecule has 156 valence electrons. The van der Waals surface area contributed by atoms with Gasteiger partial charge in [-0.2, -0.15) is 5.10 Å². The fraction of sp³-hybridized carbons (Fsp3) is 0.286. The third-order valence-corrected chi connectivity index (χ3v) is 5.97. The average Bonchev–Trinajstić information content (AvgIpc) is 3.18. The van der Waals surface area contributed by atoms with Crippen LogP contribution < -0.4 is 5.32 Å². The molecule has 0 amide bonds. The van der Waals surface area contributed by atoms with Gasteiger partial charge in [0.1, 0.15) is 0 Å². The van der Waals surface area contributed by atoms with Crippen molar-refractivity contribution in [3.05, 3.63) is 76.3 Å². The molecule has 30 heavy (non-hydrogen) atoms. The summed E-state index contributed by atoms with van der Waals surface area (Å²) in [5, 5.41) is 9.68. The number of hydrogen-bond donors (Lipinski definition) is 1. The zero-order valence-corrected chi connectivity index (χ0v) is 18.7. The van der Waals surface area contributed by atoms with E-state index in [1.165, 1.54) is 5.56 Å². The van der Waals surface area contributed by atoms with Crippen LogP contribution in [0.2, 0.25) is 10.0 Å². The van der Waals surface area contributed by atoms with Crippen LogP contribution >= 0.6 is 35.4 Å². The van der Waals surface area contributed by atoms with Crippen molar-refractivity contribution in [3.63, 3.8) is 0 Å². The van der Waals surface area contributed by atoms with Crippen LogP contribution in [0.1, 0.15) is 11.1 Å². The van der Waals surface area contributed by atoms with Crippen LogP contribution in [0.15, 0.2) is 55.1 Å². The molecular weight excluding hydrogens is 439 g/mol. The van der Waals surface area contributed by atoms with E-state index in [2.05, 4.69) is 31.3 Å². The summed E-state index contributed by atoms with van der Waals surface area (Å²) < 4.78 is 1.83. The number of nitrogens with one attached hydrogen (secondary N) is 1. The lowest BCUT2D eigenvalue weighted by Gasteiger charge is -2.36. The molecule has 3 aromatic rings. The molecule has 0 unspecified atom stereocenters. The Morgan fingerprint density at radius 2 is 1.90 bits per heavy atom. The quantitative estimate of drug-likeness (QED) is 0.577. The topological polar surface area (TPSA) is 49.2 Å². The average molecular weight is 461 g/mol. The maximum absolute atomic E-state index is 6.26. The first-order valence-corrected chi connectivity index (χ1v) is 10.9. The first-order chi connectivity index (χ1) is 14.6. The normalized spacial score (nSPS) is 14.7. The molecule has 1 aliphatic rings. The van der Waals surface area contributed by atoms with Crippen LogP contribution in [-0.2, 0) is 13.1 Å². The summed E-state index contributed by atoms with van der Waals surface area (Å²) in [6.07, 6.45) is 7.43. The highest BCUT2D eigenvalue weighted by Crippen LogP contribution is 2.22. The van der Waals surface area contributed by atoms with E-state index in [1.807, 2.05) is 35.3 Å². The zero-order valence-electron chi connectivity index (χ0n) is 16.3. The second-order valence-corrected chi connectivity index (χ2v) is 8.45. The molecule has 1 fully saturated rings. The molecule has 0 radical (unpaired) electrons.